The fourth-order valence-corrected chi connectivity index (χ4v) is 3.66. The van der Waals surface area contributed by atoms with Crippen LogP contribution >= 0.6 is 11.3 Å². The Bertz CT molecular complexity index is 1340. The summed E-state index contributed by atoms with van der Waals surface area (Å²) < 4.78 is 5.64. The van der Waals surface area contributed by atoms with Gasteiger partial charge < -0.3 is 15.1 Å². The summed E-state index contributed by atoms with van der Waals surface area (Å²) >= 11 is 1.34. The van der Waals surface area contributed by atoms with Crippen LogP contribution in [0.1, 0.15) is 15.4 Å². The van der Waals surface area contributed by atoms with Crippen LogP contribution in [-0.2, 0) is 4.79 Å². The van der Waals surface area contributed by atoms with Crippen molar-refractivity contribution in [2.75, 3.05) is 10.6 Å². The third kappa shape index (κ3) is 5.41. The molecule has 2 heterocycles. The Labute approximate surface area is 192 Å². The van der Waals surface area contributed by atoms with E-state index < -0.39 is 10.8 Å². The van der Waals surface area contributed by atoms with Gasteiger partial charge in [0.1, 0.15) is 11.5 Å². The Balaban J connectivity index is 1.40. The lowest BCUT2D eigenvalue weighted by Gasteiger charge is -2.07. The van der Waals surface area contributed by atoms with Gasteiger partial charge in [-0.1, -0.05) is 24.3 Å². The third-order valence-corrected chi connectivity index (χ3v) is 5.39. The number of anilines is 2. The Morgan fingerprint density at radius 2 is 1.73 bits per heavy atom. The highest BCUT2D eigenvalue weighted by Gasteiger charge is 2.16. The zero-order valence-electron chi connectivity index (χ0n) is 17.1. The van der Waals surface area contributed by atoms with Crippen LogP contribution < -0.4 is 10.6 Å². The first kappa shape index (κ1) is 21.7. The highest BCUT2D eigenvalue weighted by atomic mass is 32.1. The van der Waals surface area contributed by atoms with Crippen molar-refractivity contribution in [2.24, 2.45) is 0 Å². The molecular weight excluding hydrogens is 442 g/mol. The molecule has 2 aromatic heterocycles. The monoisotopic (exact) mass is 459 g/mol. The number of nitro groups is 1. The molecule has 2 amide bonds. The van der Waals surface area contributed by atoms with Gasteiger partial charge in [-0.25, -0.2) is 0 Å². The highest BCUT2D eigenvalue weighted by molar-refractivity contribution is 7.12. The van der Waals surface area contributed by atoms with E-state index in [0.29, 0.717) is 33.3 Å². The SMILES string of the molecule is O=C(/C=C/c1ccc(-c2ccccc2[N+](=O)[O-])o1)Nc1cccc(NC(=O)c2cccs2)c1. The van der Waals surface area contributed by atoms with Gasteiger partial charge in [-0.05, 0) is 53.9 Å². The number of carbonyl (C=O) groups excluding carboxylic acids is 2. The molecular formula is C24H17N3O5S. The summed E-state index contributed by atoms with van der Waals surface area (Å²) in [5.74, 6) is 0.0767. The van der Waals surface area contributed by atoms with Gasteiger partial charge in [-0.2, -0.15) is 0 Å². The first-order valence-corrected chi connectivity index (χ1v) is 10.7. The van der Waals surface area contributed by atoms with E-state index in [-0.39, 0.29) is 11.6 Å². The van der Waals surface area contributed by atoms with Crippen molar-refractivity contribution >= 4 is 46.3 Å². The molecule has 2 N–H and O–H groups in total. The van der Waals surface area contributed by atoms with E-state index in [1.807, 2.05) is 5.38 Å². The number of nitrogens with zero attached hydrogens (tertiary/aromatic N) is 1. The Morgan fingerprint density at radius 3 is 2.48 bits per heavy atom. The smallest absolute Gasteiger partial charge is 0.280 e. The molecule has 2 aromatic carbocycles. The molecule has 9 heteroatoms. The van der Waals surface area contributed by atoms with E-state index in [0.717, 1.165) is 0 Å². The van der Waals surface area contributed by atoms with Crippen molar-refractivity contribution in [1.29, 1.82) is 0 Å². The molecule has 0 fully saturated rings. The number of furan rings is 1. The van der Waals surface area contributed by atoms with Crippen molar-refractivity contribution < 1.29 is 18.9 Å². The number of benzene rings is 2. The Morgan fingerprint density at radius 1 is 0.939 bits per heavy atom. The predicted octanol–water partition coefficient (Wildman–Crippen LogP) is 5.82. The Kier molecular flexibility index (Phi) is 6.42. The van der Waals surface area contributed by atoms with Crippen LogP contribution in [0.25, 0.3) is 17.4 Å². The Hall–Kier alpha value is -4.50. The summed E-state index contributed by atoms with van der Waals surface area (Å²) in [7, 11) is 0. The lowest BCUT2D eigenvalue weighted by atomic mass is 10.1. The summed E-state index contributed by atoms with van der Waals surface area (Å²) in [5, 5.41) is 18.5. The van der Waals surface area contributed by atoms with Crippen molar-refractivity contribution in [3.63, 3.8) is 0 Å². The minimum absolute atomic E-state index is 0.0637. The molecule has 0 atom stereocenters. The molecule has 164 valence electrons. The average molecular weight is 459 g/mol. The van der Waals surface area contributed by atoms with Gasteiger partial charge in [0, 0.05) is 23.5 Å². The normalized spacial score (nSPS) is 10.8. The lowest BCUT2D eigenvalue weighted by Crippen LogP contribution is -2.11. The average Bonchev–Trinajstić information content (AvgIpc) is 3.50. The standard InChI is InChI=1S/C24H17N3O5S/c28-23(25-16-5-3-6-17(15-16)26-24(29)22-9-4-14-33-22)13-11-18-10-12-21(32-18)19-7-1-2-8-20(19)27(30)31/h1-15H,(H,25,28)(H,26,29)/b13-11+. The minimum atomic E-state index is -0.474. The van der Waals surface area contributed by atoms with Crippen molar-refractivity contribution in [2.45, 2.75) is 0 Å². The zero-order valence-corrected chi connectivity index (χ0v) is 17.9. The fourth-order valence-electron chi connectivity index (χ4n) is 3.05. The van der Waals surface area contributed by atoms with Gasteiger partial charge in [0.15, 0.2) is 0 Å². The molecule has 0 aliphatic heterocycles. The minimum Gasteiger partial charge on any atom is -0.456 e. The summed E-state index contributed by atoms with van der Waals surface area (Å²) in [6, 6.07) is 19.8. The van der Waals surface area contributed by atoms with Crippen molar-refractivity contribution in [3.05, 3.63) is 105 Å². The number of para-hydroxylation sites is 1. The van der Waals surface area contributed by atoms with E-state index in [9.17, 15) is 19.7 Å². The summed E-state index contributed by atoms with van der Waals surface area (Å²) in [5.41, 5.74) is 1.35. The second kappa shape index (κ2) is 9.75. The van der Waals surface area contributed by atoms with Crippen molar-refractivity contribution in [3.8, 4) is 11.3 Å². The van der Waals surface area contributed by atoms with Gasteiger partial charge in [0.25, 0.3) is 11.6 Å². The maximum atomic E-state index is 12.3. The van der Waals surface area contributed by atoms with Crippen LogP contribution in [0.4, 0.5) is 17.1 Å². The van der Waals surface area contributed by atoms with E-state index in [1.54, 1.807) is 66.7 Å². The molecule has 0 aliphatic carbocycles. The van der Waals surface area contributed by atoms with E-state index in [1.165, 1.54) is 29.6 Å². The first-order valence-electron chi connectivity index (χ1n) is 9.77. The molecule has 0 unspecified atom stereocenters. The molecule has 4 aromatic rings. The zero-order chi connectivity index (χ0) is 23.2. The summed E-state index contributed by atoms with van der Waals surface area (Å²) in [6.45, 7) is 0. The van der Waals surface area contributed by atoms with E-state index in [2.05, 4.69) is 10.6 Å². The maximum Gasteiger partial charge on any atom is 0.280 e. The highest BCUT2D eigenvalue weighted by Crippen LogP contribution is 2.31. The van der Waals surface area contributed by atoms with Crippen LogP contribution in [0, 0.1) is 10.1 Å². The maximum absolute atomic E-state index is 12.3. The second-order valence-electron chi connectivity index (χ2n) is 6.81. The molecule has 0 bridgehead atoms. The van der Waals surface area contributed by atoms with Crippen LogP contribution in [-0.4, -0.2) is 16.7 Å². The summed E-state index contributed by atoms with van der Waals surface area (Å²) in [4.78, 5) is 35.8. The molecule has 0 radical (unpaired) electrons. The number of amides is 2. The van der Waals surface area contributed by atoms with Crippen LogP contribution in [0.15, 0.2) is 88.7 Å². The van der Waals surface area contributed by atoms with Gasteiger partial charge >= 0.3 is 0 Å². The van der Waals surface area contributed by atoms with Crippen LogP contribution in [0.5, 0.6) is 0 Å². The number of rotatable bonds is 7. The number of carbonyl (C=O) groups is 2. The number of hydrogen-bond donors (Lipinski definition) is 2. The molecule has 4 rings (SSSR count). The topological polar surface area (TPSA) is 114 Å². The van der Waals surface area contributed by atoms with Crippen molar-refractivity contribution in [1.82, 2.24) is 0 Å². The summed E-state index contributed by atoms with van der Waals surface area (Å²) in [6.07, 6.45) is 2.76. The largest absolute Gasteiger partial charge is 0.456 e. The number of thiophene rings is 1. The number of nitro benzene ring substituents is 1. The van der Waals surface area contributed by atoms with E-state index in [4.69, 9.17) is 4.42 Å². The van der Waals surface area contributed by atoms with Crippen LogP contribution in [0.3, 0.4) is 0 Å². The number of hydrogen-bond acceptors (Lipinski definition) is 6. The van der Waals surface area contributed by atoms with Gasteiger partial charge in [0.2, 0.25) is 5.91 Å². The fraction of sp³-hybridized carbons (Fsp3) is 0. The van der Waals surface area contributed by atoms with Gasteiger partial charge in [-0.15, -0.1) is 11.3 Å². The third-order valence-electron chi connectivity index (χ3n) is 4.52. The quantitative estimate of drug-likeness (QED) is 0.205. The van der Waals surface area contributed by atoms with Gasteiger partial charge in [-0.3, -0.25) is 19.7 Å². The van der Waals surface area contributed by atoms with E-state index >= 15 is 0 Å². The number of nitrogens with one attached hydrogen (secondary N) is 2. The van der Waals surface area contributed by atoms with Crippen LogP contribution in [0.2, 0.25) is 0 Å². The predicted molar refractivity (Wildman–Crippen MR) is 127 cm³/mol. The molecule has 0 saturated heterocycles. The first-order chi connectivity index (χ1) is 16.0. The molecule has 0 saturated carbocycles. The second-order valence-corrected chi connectivity index (χ2v) is 7.76. The molecule has 0 spiro atoms. The molecule has 33 heavy (non-hydrogen) atoms. The molecule has 8 nitrogen and oxygen atoms in total. The van der Waals surface area contributed by atoms with Gasteiger partial charge in [0.05, 0.1) is 15.4 Å². The molecule has 0 aliphatic rings. The lowest BCUT2D eigenvalue weighted by molar-refractivity contribution is -0.384.